The summed E-state index contributed by atoms with van der Waals surface area (Å²) >= 11 is 0. The minimum absolute atomic E-state index is 0.190. The van der Waals surface area contributed by atoms with Crippen LogP contribution in [0.15, 0.2) is 0 Å². The molecule has 0 fully saturated rings. The number of hydrogen-bond acceptors (Lipinski definition) is 2. The minimum Gasteiger partial charge on any atom is -0.396 e. The first kappa shape index (κ1) is 10.8. The van der Waals surface area contributed by atoms with Gasteiger partial charge in [-0.15, -0.1) is 0 Å². The van der Waals surface area contributed by atoms with Crippen LogP contribution in [0.3, 0.4) is 0 Å². The highest BCUT2D eigenvalue weighted by Crippen LogP contribution is 1.98. The molecule has 0 atom stereocenters. The molecule has 0 rings (SSSR count). The molecular formula is C8H18FNO. The van der Waals surface area contributed by atoms with E-state index in [1.165, 1.54) is 0 Å². The normalized spacial score (nSPS) is 11.5. The van der Waals surface area contributed by atoms with Gasteiger partial charge in [0.1, 0.15) is 6.67 Å². The highest BCUT2D eigenvalue weighted by molar-refractivity contribution is 4.61. The van der Waals surface area contributed by atoms with E-state index in [-0.39, 0.29) is 13.3 Å². The van der Waals surface area contributed by atoms with Crippen LogP contribution in [-0.2, 0) is 0 Å². The first-order valence-corrected chi connectivity index (χ1v) is 4.13. The molecule has 0 heterocycles. The Morgan fingerprint density at radius 3 is 2.36 bits per heavy atom. The first-order chi connectivity index (χ1) is 5.22. The van der Waals surface area contributed by atoms with Crippen molar-refractivity contribution >= 4 is 0 Å². The van der Waals surface area contributed by atoms with Gasteiger partial charge in [-0.3, -0.25) is 4.90 Å². The largest absolute Gasteiger partial charge is 0.396 e. The average Bonchev–Trinajstić information content (AvgIpc) is 1.97. The Balaban J connectivity index is 3.51. The fourth-order valence-electron chi connectivity index (χ4n) is 1.01. The van der Waals surface area contributed by atoms with Crippen LogP contribution in [0.1, 0.15) is 20.3 Å². The number of rotatable bonds is 6. The molecule has 0 aromatic heterocycles. The van der Waals surface area contributed by atoms with Crippen LogP contribution >= 0.6 is 0 Å². The summed E-state index contributed by atoms with van der Waals surface area (Å²) in [5.74, 6) is 0. The highest BCUT2D eigenvalue weighted by Gasteiger charge is 2.07. The molecule has 0 unspecified atom stereocenters. The van der Waals surface area contributed by atoms with E-state index in [2.05, 4.69) is 0 Å². The predicted octanol–water partition coefficient (Wildman–Crippen LogP) is 1.05. The number of halogens is 1. The van der Waals surface area contributed by atoms with Crippen molar-refractivity contribution in [3.63, 3.8) is 0 Å². The van der Waals surface area contributed by atoms with Crippen molar-refractivity contribution in [1.29, 1.82) is 0 Å². The molecule has 0 aromatic rings. The summed E-state index contributed by atoms with van der Waals surface area (Å²) in [7, 11) is 0. The van der Waals surface area contributed by atoms with Crippen LogP contribution in [-0.4, -0.2) is 42.4 Å². The van der Waals surface area contributed by atoms with Crippen LogP contribution in [0, 0.1) is 0 Å². The van der Waals surface area contributed by atoms with E-state index < -0.39 is 0 Å². The van der Waals surface area contributed by atoms with Gasteiger partial charge in [-0.2, -0.15) is 0 Å². The highest BCUT2D eigenvalue weighted by atomic mass is 19.1. The Morgan fingerprint density at radius 2 is 2.00 bits per heavy atom. The van der Waals surface area contributed by atoms with Crippen molar-refractivity contribution in [2.45, 2.75) is 26.3 Å². The van der Waals surface area contributed by atoms with E-state index in [4.69, 9.17) is 5.11 Å². The maximum atomic E-state index is 11.9. The van der Waals surface area contributed by atoms with Gasteiger partial charge in [-0.05, 0) is 20.3 Å². The van der Waals surface area contributed by atoms with Crippen molar-refractivity contribution in [2.24, 2.45) is 0 Å². The molecule has 0 aliphatic heterocycles. The smallest absolute Gasteiger partial charge is 0.102 e. The average molecular weight is 163 g/mol. The minimum atomic E-state index is -0.302. The first-order valence-electron chi connectivity index (χ1n) is 4.13. The number of aliphatic hydroxyl groups is 1. The van der Waals surface area contributed by atoms with Gasteiger partial charge in [0.2, 0.25) is 0 Å². The SMILES string of the molecule is CC(C)N(CCF)CCCO. The summed E-state index contributed by atoms with van der Waals surface area (Å²) in [4.78, 5) is 2.02. The Morgan fingerprint density at radius 1 is 1.36 bits per heavy atom. The molecule has 0 bridgehead atoms. The van der Waals surface area contributed by atoms with E-state index in [0.29, 0.717) is 12.6 Å². The van der Waals surface area contributed by atoms with Crippen molar-refractivity contribution < 1.29 is 9.50 Å². The molecule has 68 valence electrons. The molecule has 0 amide bonds. The molecule has 11 heavy (non-hydrogen) atoms. The molecule has 0 aliphatic carbocycles. The molecule has 0 aromatic carbocycles. The van der Waals surface area contributed by atoms with Gasteiger partial charge >= 0.3 is 0 Å². The molecule has 0 spiro atoms. The summed E-state index contributed by atoms with van der Waals surface area (Å²) in [6.45, 7) is 5.23. The summed E-state index contributed by atoms with van der Waals surface area (Å²) in [5, 5.41) is 8.54. The zero-order chi connectivity index (χ0) is 8.69. The third-order valence-corrected chi connectivity index (χ3v) is 1.71. The van der Waals surface area contributed by atoms with E-state index >= 15 is 0 Å². The van der Waals surface area contributed by atoms with Gasteiger partial charge in [0, 0.05) is 25.7 Å². The van der Waals surface area contributed by atoms with Gasteiger partial charge in [-0.25, -0.2) is 4.39 Å². The third kappa shape index (κ3) is 5.16. The lowest BCUT2D eigenvalue weighted by atomic mass is 10.3. The van der Waals surface area contributed by atoms with E-state index in [9.17, 15) is 4.39 Å². The Labute approximate surface area is 68.0 Å². The summed E-state index contributed by atoms with van der Waals surface area (Å²) in [6, 6.07) is 0.373. The molecular weight excluding hydrogens is 145 g/mol. The lowest BCUT2D eigenvalue weighted by Crippen LogP contribution is -2.34. The predicted molar refractivity (Wildman–Crippen MR) is 44.4 cm³/mol. The standard InChI is InChI=1S/C8H18FNO/c1-8(2)10(6-4-9)5-3-7-11/h8,11H,3-7H2,1-2H3. The van der Waals surface area contributed by atoms with Gasteiger partial charge in [0.05, 0.1) is 0 Å². The summed E-state index contributed by atoms with van der Waals surface area (Å²) < 4.78 is 11.9. The molecule has 0 aliphatic rings. The van der Waals surface area contributed by atoms with Crippen molar-refractivity contribution in [3.8, 4) is 0 Å². The number of alkyl halides is 1. The van der Waals surface area contributed by atoms with Gasteiger partial charge in [0.25, 0.3) is 0 Å². The van der Waals surface area contributed by atoms with Crippen LogP contribution in [0.2, 0.25) is 0 Å². The van der Waals surface area contributed by atoms with Crippen LogP contribution < -0.4 is 0 Å². The summed E-state index contributed by atoms with van der Waals surface area (Å²) in [5.41, 5.74) is 0. The van der Waals surface area contributed by atoms with Crippen molar-refractivity contribution in [2.75, 3.05) is 26.4 Å². The van der Waals surface area contributed by atoms with Gasteiger partial charge in [0.15, 0.2) is 0 Å². The van der Waals surface area contributed by atoms with E-state index in [1.54, 1.807) is 0 Å². The van der Waals surface area contributed by atoms with E-state index in [0.717, 1.165) is 13.0 Å². The number of aliphatic hydroxyl groups excluding tert-OH is 1. The second kappa shape index (κ2) is 6.55. The number of nitrogens with zero attached hydrogens (tertiary/aromatic N) is 1. The maximum Gasteiger partial charge on any atom is 0.102 e. The van der Waals surface area contributed by atoms with Crippen LogP contribution in [0.25, 0.3) is 0 Å². The molecule has 3 heteroatoms. The van der Waals surface area contributed by atoms with Crippen molar-refractivity contribution in [3.05, 3.63) is 0 Å². The van der Waals surface area contributed by atoms with Gasteiger partial charge in [-0.1, -0.05) is 0 Å². The number of hydrogen-bond donors (Lipinski definition) is 1. The molecule has 0 radical (unpaired) electrons. The Kier molecular flexibility index (Phi) is 6.46. The zero-order valence-electron chi connectivity index (χ0n) is 7.39. The maximum absolute atomic E-state index is 11.9. The quantitative estimate of drug-likeness (QED) is 0.632. The lowest BCUT2D eigenvalue weighted by molar-refractivity contribution is 0.179. The fourth-order valence-corrected chi connectivity index (χ4v) is 1.01. The summed E-state index contributed by atoms with van der Waals surface area (Å²) in [6.07, 6.45) is 0.734. The molecule has 2 nitrogen and oxygen atoms in total. The van der Waals surface area contributed by atoms with Crippen LogP contribution in [0.5, 0.6) is 0 Å². The molecule has 0 saturated heterocycles. The lowest BCUT2D eigenvalue weighted by Gasteiger charge is -2.24. The fraction of sp³-hybridized carbons (Fsp3) is 1.00. The van der Waals surface area contributed by atoms with Gasteiger partial charge < -0.3 is 5.11 Å². The third-order valence-electron chi connectivity index (χ3n) is 1.71. The van der Waals surface area contributed by atoms with Crippen molar-refractivity contribution in [1.82, 2.24) is 4.90 Å². The Bertz CT molecular complexity index is 88.2. The molecule has 1 N–H and O–H groups in total. The zero-order valence-corrected chi connectivity index (χ0v) is 7.39. The second-order valence-corrected chi connectivity index (χ2v) is 2.90. The van der Waals surface area contributed by atoms with E-state index in [1.807, 2.05) is 18.7 Å². The second-order valence-electron chi connectivity index (χ2n) is 2.90. The monoisotopic (exact) mass is 163 g/mol. The molecule has 0 saturated carbocycles. The topological polar surface area (TPSA) is 23.5 Å². The Hall–Kier alpha value is -0.150. The van der Waals surface area contributed by atoms with Crippen LogP contribution in [0.4, 0.5) is 4.39 Å².